The predicted molar refractivity (Wildman–Crippen MR) is 102 cm³/mol. The summed E-state index contributed by atoms with van der Waals surface area (Å²) < 4.78 is 9.36. The number of nitrogens with zero attached hydrogens (tertiary/aromatic N) is 2. The van der Waals surface area contributed by atoms with Crippen LogP contribution in [0.4, 0.5) is 0 Å². The Morgan fingerprint density at radius 1 is 0.885 bits per heavy atom. The standard InChI is InChI=1S/C21H39N2O2.ClH/c1-3-5-7-8-9-10-11-12-13-14-18-25-21(24)19-23-17-16-22(20-23)15-6-4-2;/h16-17,20H,3-15,18-19H2,1-2H3;1H/q+1;/p-1. The highest BCUT2D eigenvalue weighted by molar-refractivity contribution is 5.67. The van der Waals surface area contributed by atoms with E-state index in [2.05, 4.69) is 18.4 Å². The second-order valence-electron chi connectivity index (χ2n) is 7.08. The number of imidazole rings is 1. The smallest absolute Gasteiger partial charge is 0.348 e. The van der Waals surface area contributed by atoms with Crippen molar-refractivity contribution in [2.24, 2.45) is 0 Å². The maximum Gasteiger partial charge on any atom is 0.348 e. The van der Waals surface area contributed by atoms with Crippen LogP contribution in [0.3, 0.4) is 0 Å². The number of halogens is 1. The molecule has 0 amide bonds. The predicted octanol–water partition coefficient (Wildman–Crippen LogP) is 2.04. The van der Waals surface area contributed by atoms with Gasteiger partial charge in [0.05, 0.1) is 13.2 Å². The normalized spacial score (nSPS) is 10.5. The number of hydrogen-bond donors (Lipinski definition) is 0. The third-order valence-corrected chi connectivity index (χ3v) is 4.59. The Morgan fingerprint density at radius 3 is 2.08 bits per heavy atom. The monoisotopic (exact) mass is 386 g/mol. The molecule has 5 heteroatoms. The summed E-state index contributed by atoms with van der Waals surface area (Å²) in [4.78, 5) is 11.8. The fourth-order valence-electron chi connectivity index (χ4n) is 2.98. The molecule has 0 saturated carbocycles. The Balaban J connectivity index is 0.00000625. The molecule has 0 saturated heterocycles. The van der Waals surface area contributed by atoms with Gasteiger partial charge in [0.2, 0.25) is 6.33 Å². The molecule has 0 aliphatic rings. The van der Waals surface area contributed by atoms with Crippen LogP contribution >= 0.6 is 0 Å². The van der Waals surface area contributed by atoms with Crippen LogP contribution in [-0.4, -0.2) is 17.1 Å². The highest BCUT2D eigenvalue weighted by atomic mass is 35.5. The highest BCUT2D eigenvalue weighted by Gasteiger charge is 2.10. The van der Waals surface area contributed by atoms with Gasteiger partial charge >= 0.3 is 5.97 Å². The van der Waals surface area contributed by atoms with E-state index in [1.54, 1.807) is 0 Å². The number of aryl methyl sites for hydroxylation is 1. The van der Waals surface area contributed by atoms with Crippen LogP contribution < -0.4 is 17.0 Å². The summed E-state index contributed by atoms with van der Waals surface area (Å²) in [5, 5.41) is 0. The van der Waals surface area contributed by atoms with Crippen LogP contribution in [0, 0.1) is 0 Å². The first-order valence-corrected chi connectivity index (χ1v) is 10.5. The van der Waals surface area contributed by atoms with Crippen molar-refractivity contribution < 1.29 is 26.5 Å². The van der Waals surface area contributed by atoms with E-state index in [-0.39, 0.29) is 18.4 Å². The maximum atomic E-state index is 11.8. The first kappa shape index (κ1) is 25.0. The van der Waals surface area contributed by atoms with Crippen LogP contribution in [0.15, 0.2) is 18.7 Å². The lowest BCUT2D eigenvalue weighted by Crippen LogP contribution is -3.00. The number of carbonyl (C=O) groups excluding carboxylic acids is 1. The van der Waals surface area contributed by atoms with E-state index in [0.717, 1.165) is 19.4 Å². The SMILES string of the molecule is CCCCCCCCCCCCOC(=O)C[n+]1ccn(CCCC)c1.[Cl-]. The van der Waals surface area contributed by atoms with Gasteiger partial charge in [-0.05, 0) is 12.8 Å². The van der Waals surface area contributed by atoms with Crippen LogP contribution in [0.25, 0.3) is 0 Å². The fraction of sp³-hybridized carbons (Fsp3) is 0.810. The first-order valence-electron chi connectivity index (χ1n) is 10.5. The summed E-state index contributed by atoms with van der Waals surface area (Å²) in [7, 11) is 0. The van der Waals surface area contributed by atoms with E-state index in [0.29, 0.717) is 13.2 Å². The zero-order valence-corrected chi connectivity index (χ0v) is 17.7. The minimum Gasteiger partial charge on any atom is -1.00 e. The van der Waals surface area contributed by atoms with Gasteiger partial charge in [-0.3, -0.25) is 0 Å². The molecule has 1 aromatic rings. The van der Waals surface area contributed by atoms with Gasteiger partial charge in [-0.25, -0.2) is 13.9 Å². The molecule has 1 aromatic heterocycles. The van der Waals surface area contributed by atoms with E-state index in [1.807, 2.05) is 23.3 Å². The molecule has 0 aliphatic carbocycles. The van der Waals surface area contributed by atoms with Gasteiger partial charge in [-0.1, -0.05) is 78.1 Å². The molecule has 0 radical (unpaired) electrons. The Labute approximate surface area is 166 Å². The molecule has 0 unspecified atom stereocenters. The number of unbranched alkanes of at least 4 members (excludes halogenated alkanes) is 10. The molecule has 0 N–H and O–H groups in total. The van der Waals surface area contributed by atoms with Crippen LogP contribution in [0.5, 0.6) is 0 Å². The Kier molecular flexibility index (Phi) is 16.7. The maximum absolute atomic E-state index is 11.8. The minimum atomic E-state index is -0.130. The molecule has 1 rings (SSSR count). The van der Waals surface area contributed by atoms with E-state index in [4.69, 9.17) is 4.74 Å². The average Bonchev–Trinajstić information content (AvgIpc) is 3.05. The summed E-state index contributed by atoms with van der Waals surface area (Å²) in [5.74, 6) is -0.130. The van der Waals surface area contributed by atoms with Gasteiger partial charge in [0.25, 0.3) is 0 Å². The number of hydrogen-bond acceptors (Lipinski definition) is 2. The number of ether oxygens (including phenoxy) is 1. The largest absolute Gasteiger partial charge is 1.00 e. The van der Waals surface area contributed by atoms with Crippen LogP contribution in [0.1, 0.15) is 90.9 Å². The molecule has 0 fully saturated rings. The lowest BCUT2D eigenvalue weighted by Gasteiger charge is -2.04. The molecule has 0 spiro atoms. The van der Waals surface area contributed by atoms with Crippen molar-refractivity contribution in [3.63, 3.8) is 0 Å². The van der Waals surface area contributed by atoms with Gasteiger partial charge in [-0.15, -0.1) is 0 Å². The van der Waals surface area contributed by atoms with E-state index >= 15 is 0 Å². The second kappa shape index (κ2) is 17.4. The third-order valence-electron chi connectivity index (χ3n) is 4.59. The topological polar surface area (TPSA) is 35.1 Å². The molecule has 0 aliphatic heterocycles. The number of aromatic nitrogens is 2. The molecule has 0 atom stereocenters. The van der Waals surface area contributed by atoms with Crippen molar-refractivity contribution in [1.29, 1.82) is 0 Å². The zero-order valence-electron chi connectivity index (χ0n) is 16.9. The summed E-state index contributed by atoms with van der Waals surface area (Å²) in [6, 6.07) is 0. The quantitative estimate of drug-likeness (QED) is 0.247. The van der Waals surface area contributed by atoms with Crippen molar-refractivity contribution in [2.45, 2.75) is 104 Å². The van der Waals surface area contributed by atoms with Crippen molar-refractivity contribution in [1.82, 2.24) is 4.57 Å². The van der Waals surface area contributed by atoms with Gasteiger partial charge in [0, 0.05) is 0 Å². The van der Waals surface area contributed by atoms with Crippen molar-refractivity contribution in [3.05, 3.63) is 18.7 Å². The van der Waals surface area contributed by atoms with E-state index in [9.17, 15) is 4.79 Å². The number of rotatable bonds is 16. The summed E-state index contributed by atoms with van der Waals surface area (Å²) in [5.41, 5.74) is 0. The van der Waals surface area contributed by atoms with Crippen molar-refractivity contribution in [2.75, 3.05) is 6.61 Å². The lowest BCUT2D eigenvalue weighted by molar-refractivity contribution is -0.685. The highest BCUT2D eigenvalue weighted by Crippen LogP contribution is 2.10. The summed E-state index contributed by atoms with van der Waals surface area (Å²) >= 11 is 0. The van der Waals surface area contributed by atoms with Crippen molar-refractivity contribution in [3.8, 4) is 0 Å². The molecule has 0 bridgehead atoms. The fourth-order valence-corrected chi connectivity index (χ4v) is 2.98. The third kappa shape index (κ3) is 13.2. The van der Waals surface area contributed by atoms with Gasteiger partial charge in [-0.2, -0.15) is 0 Å². The van der Waals surface area contributed by atoms with Gasteiger partial charge in [0.1, 0.15) is 12.4 Å². The second-order valence-corrected chi connectivity index (χ2v) is 7.08. The summed E-state index contributed by atoms with van der Waals surface area (Å²) in [6.07, 6.45) is 21.3. The zero-order chi connectivity index (χ0) is 18.2. The first-order chi connectivity index (χ1) is 12.3. The average molecular weight is 387 g/mol. The van der Waals surface area contributed by atoms with Gasteiger partial charge in [0.15, 0.2) is 6.54 Å². The molecular weight excluding hydrogens is 348 g/mol. The Hall–Kier alpha value is -1.03. The van der Waals surface area contributed by atoms with Crippen molar-refractivity contribution >= 4 is 5.97 Å². The molecule has 4 nitrogen and oxygen atoms in total. The molecule has 26 heavy (non-hydrogen) atoms. The molecular formula is C21H39ClN2O2. The lowest BCUT2D eigenvalue weighted by atomic mass is 10.1. The Morgan fingerprint density at radius 2 is 1.46 bits per heavy atom. The molecule has 1 heterocycles. The molecule has 152 valence electrons. The van der Waals surface area contributed by atoms with E-state index < -0.39 is 0 Å². The number of carbonyl (C=O) groups is 1. The van der Waals surface area contributed by atoms with Crippen LogP contribution in [-0.2, 0) is 22.6 Å². The number of esters is 1. The minimum absolute atomic E-state index is 0. The van der Waals surface area contributed by atoms with Gasteiger partial charge < -0.3 is 17.1 Å². The summed E-state index contributed by atoms with van der Waals surface area (Å²) in [6.45, 7) is 6.33. The molecule has 0 aromatic carbocycles. The van der Waals surface area contributed by atoms with E-state index in [1.165, 1.54) is 64.2 Å². The Bertz CT molecular complexity index is 449. The van der Waals surface area contributed by atoms with Crippen LogP contribution in [0.2, 0.25) is 0 Å².